The van der Waals surface area contributed by atoms with E-state index in [0.717, 1.165) is 43.0 Å². The molecule has 3 amide bonds. The molecule has 0 radical (unpaired) electrons. The molecule has 2 atom stereocenters. The second-order valence-electron chi connectivity index (χ2n) is 11.1. The Morgan fingerprint density at radius 3 is 2.61 bits per heavy atom. The van der Waals surface area contributed by atoms with Crippen LogP contribution in [0.1, 0.15) is 66.3 Å². The number of hydrogen-bond donors (Lipinski definition) is 1. The third kappa shape index (κ3) is 4.49. The molecular formula is C28H30N6O4. The topological polar surface area (TPSA) is 122 Å². The maximum atomic E-state index is 13.0. The Labute approximate surface area is 220 Å². The highest BCUT2D eigenvalue weighted by atomic mass is 16.5. The van der Waals surface area contributed by atoms with Gasteiger partial charge < -0.3 is 9.42 Å². The molecule has 0 bridgehead atoms. The number of hydrogen-bond acceptors (Lipinski definition) is 8. The molecule has 2 aromatic heterocycles. The first kappa shape index (κ1) is 24.4. The molecule has 3 aliphatic heterocycles. The first-order valence-electron chi connectivity index (χ1n) is 13.0. The van der Waals surface area contributed by atoms with Gasteiger partial charge in [0.25, 0.3) is 5.91 Å². The summed E-state index contributed by atoms with van der Waals surface area (Å²) in [6, 6.07) is 11.5. The summed E-state index contributed by atoms with van der Waals surface area (Å²) in [6.07, 6.45) is 2.88. The van der Waals surface area contributed by atoms with Crippen LogP contribution in [0.5, 0.6) is 0 Å². The number of aromatic nitrogens is 3. The van der Waals surface area contributed by atoms with Crippen molar-refractivity contribution in [2.24, 2.45) is 5.41 Å². The summed E-state index contributed by atoms with van der Waals surface area (Å²) in [6.45, 7) is 7.58. The van der Waals surface area contributed by atoms with Crippen LogP contribution < -0.4 is 5.32 Å². The van der Waals surface area contributed by atoms with Crippen LogP contribution in [0.2, 0.25) is 0 Å². The van der Waals surface area contributed by atoms with E-state index in [1.165, 1.54) is 12.0 Å². The quantitative estimate of drug-likeness (QED) is 0.516. The number of carbonyl (C=O) groups is 3. The van der Waals surface area contributed by atoms with Gasteiger partial charge in [0.15, 0.2) is 0 Å². The molecule has 3 aromatic rings. The average molecular weight is 515 g/mol. The van der Waals surface area contributed by atoms with Crippen molar-refractivity contribution in [3.63, 3.8) is 0 Å². The fraction of sp³-hybridized carbons (Fsp3) is 0.429. The van der Waals surface area contributed by atoms with Crippen molar-refractivity contribution in [1.29, 1.82) is 0 Å². The van der Waals surface area contributed by atoms with E-state index in [2.05, 4.69) is 46.3 Å². The average Bonchev–Trinajstić information content (AvgIpc) is 3.53. The molecule has 2 unspecified atom stereocenters. The number of likely N-dealkylation sites (tertiary alicyclic amines) is 1. The number of rotatable bonds is 5. The van der Waals surface area contributed by atoms with E-state index in [4.69, 9.17) is 9.51 Å². The van der Waals surface area contributed by atoms with Crippen molar-refractivity contribution in [2.75, 3.05) is 13.1 Å². The Morgan fingerprint density at radius 1 is 1.08 bits per heavy atom. The number of fused-ring (bicyclic) bond motifs is 1. The summed E-state index contributed by atoms with van der Waals surface area (Å²) in [4.78, 5) is 50.0. The summed E-state index contributed by atoms with van der Waals surface area (Å²) < 4.78 is 4.84. The summed E-state index contributed by atoms with van der Waals surface area (Å²) in [7, 11) is 0. The molecule has 2 saturated heterocycles. The largest absolute Gasteiger partial charge is 0.342 e. The molecule has 0 aliphatic carbocycles. The van der Waals surface area contributed by atoms with Gasteiger partial charge in [0.1, 0.15) is 6.04 Å². The lowest BCUT2D eigenvalue weighted by Gasteiger charge is -2.44. The van der Waals surface area contributed by atoms with E-state index in [1.807, 2.05) is 24.3 Å². The highest BCUT2D eigenvalue weighted by molar-refractivity contribution is 6.05. The van der Waals surface area contributed by atoms with Crippen molar-refractivity contribution >= 4 is 17.7 Å². The lowest BCUT2D eigenvalue weighted by atomic mass is 9.72. The lowest BCUT2D eigenvalue weighted by molar-refractivity contribution is -0.136. The van der Waals surface area contributed by atoms with E-state index in [9.17, 15) is 14.4 Å². The highest BCUT2D eigenvalue weighted by Crippen LogP contribution is 2.42. The molecule has 0 saturated carbocycles. The minimum atomic E-state index is -0.626. The smallest absolute Gasteiger partial charge is 0.256 e. The molecule has 196 valence electrons. The summed E-state index contributed by atoms with van der Waals surface area (Å²) in [5.41, 5.74) is 4.41. The molecule has 1 N–H and O–H groups in total. The monoisotopic (exact) mass is 514 g/mol. The first-order valence-corrected chi connectivity index (χ1v) is 13.0. The number of carbonyl (C=O) groups excluding carboxylic acids is 3. The predicted octanol–water partition coefficient (Wildman–Crippen LogP) is 2.91. The van der Waals surface area contributed by atoms with E-state index in [0.29, 0.717) is 24.4 Å². The number of benzene rings is 1. The van der Waals surface area contributed by atoms with Gasteiger partial charge in [0.2, 0.25) is 24.0 Å². The van der Waals surface area contributed by atoms with Crippen molar-refractivity contribution < 1.29 is 18.9 Å². The summed E-state index contributed by atoms with van der Waals surface area (Å²) in [5, 5.41) is 6.25. The third-order valence-electron chi connectivity index (χ3n) is 8.04. The van der Waals surface area contributed by atoms with Crippen LogP contribution in [0.25, 0.3) is 11.4 Å². The Kier molecular flexibility index (Phi) is 6.06. The number of imide groups is 1. The van der Waals surface area contributed by atoms with Gasteiger partial charge in [-0.1, -0.05) is 43.3 Å². The van der Waals surface area contributed by atoms with Gasteiger partial charge >= 0.3 is 0 Å². The molecule has 1 aromatic carbocycles. The minimum absolute atomic E-state index is 0.0179. The van der Waals surface area contributed by atoms with Crippen molar-refractivity contribution in [3.05, 3.63) is 65.3 Å². The Balaban J connectivity index is 1.13. The van der Waals surface area contributed by atoms with Gasteiger partial charge in [0, 0.05) is 36.7 Å². The molecule has 38 heavy (non-hydrogen) atoms. The SMILES string of the molecule is CC1(C)CN(Cc2ccc(-c3ncon3)cc2)CCC1c1ccc2c(n1)CN(C1CCC(=O)NC1=O)C2=O. The van der Waals surface area contributed by atoms with E-state index in [-0.39, 0.29) is 29.6 Å². The zero-order valence-electron chi connectivity index (χ0n) is 21.5. The van der Waals surface area contributed by atoms with Crippen LogP contribution in [-0.4, -0.2) is 61.8 Å². The van der Waals surface area contributed by atoms with Crippen molar-refractivity contribution in [3.8, 4) is 11.4 Å². The Hall–Kier alpha value is -3.92. The van der Waals surface area contributed by atoms with Gasteiger partial charge in [-0.25, -0.2) is 0 Å². The van der Waals surface area contributed by atoms with Crippen LogP contribution in [-0.2, 0) is 22.7 Å². The van der Waals surface area contributed by atoms with E-state index in [1.54, 1.807) is 4.90 Å². The zero-order chi connectivity index (χ0) is 26.4. The van der Waals surface area contributed by atoms with E-state index < -0.39 is 11.9 Å². The maximum absolute atomic E-state index is 13.0. The highest BCUT2D eigenvalue weighted by Gasteiger charge is 2.42. The van der Waals surface area contributed by atoms with Gasteiger partial charge in [0.05, 0.1) is 17.8 Å². The lowest BCUT2D eigenvalue weighted by Crippen LogP contribution is -2.52. The summed E-state index contributed by atoms with van der Waals surface area (Å²) in [5.74, 6) is -0.0366. The molecule has 0 spiro atoms. The van der Waals surface area contributed by atoms with Crippen LogP contribution in [0, 0.1) is 5.41 Å². The van der Waals surface area contributed by atoms with Gasteiger partial charge in [-0.3, -0.25) is 29.6 Å². The number of nitrogens with one attached hydrogen (secondary N) is 1. The molecule has 2 fully saturated rings. The second kappa shape index (κ2) is 9.43. The molecule has 10 heteroatoms. The molecular weight excluding hydrogens is 484 g/mol. The molecule has 10 nitrogen and oxygen atoms in total. The van der Waals surface area contributed by atoms with E-state index >= 15 is 0 Å². The summed E-state index contributed by atoms with van der Waals surface area (Å²) >= 11 is 0. The predicted molar refractivity (Wildman–Crippen MR) is 136 cm³/mol. The number of piperidine rings is 2. The van der Waals surface area contributed by atoms with Gasteiger partial charge in [-0.15, -0.1) is 0 Å². The Morgan fingerprint density at radius 2 is 1.89 bits per heavy atom. The molecule has 5 heterocycles. The zero-order valence-corrected chi connectivity index (χ0v) is 21.5. The van der Waals surface area contributed by atoms with Gasteiger partial charge in [-0.05, 0) is 42.5 Å². The van der Waals surface area contributed by atoms with Crippen LogP contribution in [0.15, 0.2) is 47.3 Å². The maximum Gasteiger partial charge on any atom is 0.256 e. The fourth-order valence-electron chi connectivity index (χ4n) is 6.11. The molecule has 6 rings (SSSR count). The number of nitrogens with zero attached hydrogens (tertiary/aromatic N) is 5. The van der Waals surface area contributed by atoms with Crippen molar-refractivity contribution in [2.45, 2.75) is 58.2 Å². The fourth-order valence-corrected chi connectivity index (χ4v) is 6.11. The Bertz CT molecular complexity index is 1380. The number of amides is 3. The normalized spacial score (nSPS) is 23.4. The minimum Gasteiger partial charge on any atom is -0.342 e. The van der Waals surface area contributed by atoms with Crippen LogP contribution in [0.3, 0.4) is 0 Å². The van der Waals surface area contributed by atoms with Gasteiger partial charge in [-0.2, -0.15) is 4.98 Å². The van der Waals surface area contributed by atoms with Crippen LogP contribution >= 0.6 is 0 Å². The second-order valence-corrected chi connectivity index (χ2v) is 11.1. The number of pyridine rings is 1. The van der Waals surface area contributed by atoms with Crippen LogP contribution in [0.4, 0.5) is 0 Å². The third-order valence-corrected chi connectivity index (χ3v) is 8.04. The standard InChI is InChI=1S/C28H30N6O4/c1-28(2)15-33(13-17-3-5-18(6-4-17)25-29-16-38-32-25)12-11-20(28)21-8-7-19-22(30-21)14-34(27(19)37)23-9-10-24(35)31-26(23)36/h3-8,16,20,23H,9-15H2,1-2H3,(H,31,35,36). The molecule has 3 aliphatic rings. The van der Waals surface area contributed by atoms with Crippen molar-refractivity contribution in [1.82, 2.24) is 30.2 Å². The first-order chi connectivity index (χ1) is 18.3.